The SMILES string of the molecule is CC1CCC(c2ccc3c(c2)CCC(=O)N3)N(C(C)C)C1. The number of piperidine rings is 1. The lowest BCUT2D eigenvalue weighted by molar-refractivity contribution is -0.116. The Morgan fingerprint density at radius 1 is 1.24 bits per heavy atom. The van der Waals surface area contributed by atoms with Crippen LogP contribution >= 0.6 is 0 Å². The Labute approximate surface area is 127 Å². The normalized spacial score (nSPS) is 26.6. The summed E-state index contributed by atoms with van der Waals surface area (Å²) in [5.74, 6) is 0.936. The zero-order valence-electron chi connectivity index (χ0n) is 13.4. The predicted octanol–water partition coefficient (Wildman–Crippen LogP) is 3.75. The standard InChI is InChI=1S/C18H26N2O/c1-12(2)20-11-13(3)4-8-17(20)15-5-7-16-14(10-15)6-9-18(21)19-16/h5,7,10,12-13,17H,4,6,8-9,11H2,1-3H3,(H,19,21). The van der Waals surface area contributed by atoms with Gasteiger partial charge in [0.15, 0.2) is 0 Å². The second kappa shape index (κ2) is 5.80. The molecule has 21 heavy (non-hydrogen) atoms. The summed E-state index contributed by atoms with van der Waals surface area (Å²) in [6, 6.07) is 7.74. The van der Waals surface area contributed by atoms with Gasteiger partial charge in [-0.05, 0) is 56.2 Å². The van der Waals surface area contributed by atoms with E-state index in [4.69, 9.17) is 0 Å². The maximum Gasteiger partial charge on any atom is 0.224 e. The number of anilines is 1. The second-order valence-corrected chi connectivity index (χ2v) is 6.95. The van der Waals surface area contributed by atoms with Crippen molar-refractivity contribution in [1.82, 2.24) is 4.90 Å². The van der Waals surface area contributed by atoms with Gasteiger partial charge in [0.05, 0.1) is 0 Å². The van der Waals surface area contributed by atoms with E-state index in [9.17, 15) is 4.79 Å². The molecule has 0 saturated carbocycles. The fourth-order valence-electron chi connectivity index (χ4n) is 3.73. The molecule has 1 saturated heterocycles. The van der Waals surface area contributed by atoms with Gasteiger partial charge in [-0.2, -0.15) is 0 Å². The molecule has 3 rings (SSSR count). The van der Waals surface area contributed by atoms with Crippen LogP contribution in [0.15, 0.2) is 18.2 Å². The third-order valence-electron chi connectivity index (χ3n) is 4.93. The molecule has 0 aromatic heterocycles. The Hall–Kier alpha value is -1.35. The molecule has 3 nitrogen and oxygen atoms in total. The van der Waals surface area contributed by atoms with Crippen molar-refractivity contribution in [1.29, 1.82) is 0 Å². The Balaban J connectivity index is 1.87. The molecule has 3 heteroatoms. The lowest BCUT2D eigenvalue weighted by Crippen LogP contribution is -2.41. The van der Waals surface area contributed by atoms with E-state index in [0.717, 1.165) is 18.0 Å². The van der Waals surface area contributed by atoms with Gasteiger partial charge in [0, 0.05) is 30.7 Å². The van der Waals surface area contributed by atoms with Gasteiger partial charge in [-0.25, -0.2) is 0 Å². The quantitative estimate of drug-likeness (QED) is 0.898. The van der Waals surface area contributed by atoms with Gasteiger partial charge >= 0.3 is 0 Å². The van der Waals surface area contributed by atoms with Crippen LogP contribution < -0.4 is 5.32 Å². The summed E-state index contributed by atoms with van der Waals surface area (Å²) in [7, 11) is 0. The summed E-state index contributed by atoms with van der Waals surface area (Å²) in [4.78, 5) is 14.1. The average molecular weight is 286 g/mol. The van der Waals surface area contributed by atoms with Gasteiger partial charge in [-0.3, -0.25) is 9.69 Å². The van der Waals surface area contributed by atoms with Crippen LogP contribution in [-0.2, 0) is 11.2 Å². The number of amides is 1. The predicted molar refractivity (Wildman–Crippen MR) is 86.4 cm³/mol. The van der Waals surface area contributed by atoms with Gasteiger partial charge in [0.2, 0.25) is 5.91 Å². The summed E-state index contributed by atoms with van der Waals surface area (Å²) >= 11 is 0. The fraction of sp³-hybridized carbons (Fsp3) is 0.611. The number of benzene rings is 1. The molecule has 2 heterocycles. The maximum atomic E-state index is 11.5. The Morgan fingerprint density at radius 3 is 2.81 bits per heavy atom. The first-order valence-corrected chi connectivity index (χ1v) is 8.23. The molecule has 2 unspecified atom stereocenters. The van der Waals surface area contributed by atoms with Crippen molar-refractivity contribution in [2.75, 3.05) is 11.9 Å². The van der Waals surface area contributed by atoms with E-state index in [1.807, 2.05) is 0 Å². The summed E-state index contributed by atoms with van der Waals surface area (Å²) in [5, 5.41) is 2.98. The Kier molecular flexibility index (Phi) is 4.03. The molecule has 0 aliphatic carbocycles. The second-order valence-electron chi connectivity index (χ2n) is 6.95. The Morgan fingerprint density at radius 2 is 2.05 bits per heavy atom. The van der Waals surface area contributed by atoms with E-state index in [0.29, 0.717) is 18.5 Å². The van der Waals surface area contributed by atoms with Crippen LogP contribution in [-0.4, -0.2) is 23.4 Å². The molecule has 1 fully saturated rings. The number of carbonyl (C=O) groups is 1. The number of aryl methyl sites for hydroxylation is 1. The highest BCUT2D eigenvalue weighted by molar-refractivity contribution is 5.93. The van der Waals surface area contributed by atoms with Gasteiger partial charge in [0.1, 0.15) is 0 Å². The third kappa shape index (κ3) is 2.98. The van der Waals surface area contributed by atoms with Gasteiger partial charge in [0.25, 0.3) is 0 Å². The van der Waals surface area contributed by atoms with Crippen molar-refractivity contribution < 1.29 is 4.79 Å². The van der Waals surface area contributed by atoms with Crippen molar-refractivity contribution in [2.45, 2.75) is 58.5 Å². The number of nitrogens with one attached hydrogen (secondary N) is 1. The molecule has 2 atom stereocenters. The van der Waals surface area contributed by atoms with Crippen molar-refractivity contribution in [3.8, 4) is 0 Å². The topological polar surface area (TPSA) is 32.3 Å². The molecule has 0 spiro atoms. The highest BCUT2D eigenvalue weighted by Gasteiger charge is 2.29. The van der Waals surface area contributed by atoms with Crippen molar-refractivity contribution in [2.24, 2.45) is 5.92 Å². The zero-order chi connectivity index (χ0) is 15.0. The van der Waals surface area contributed by atoms with Crippen LogP contribution in [0.25, 0.3) is 0 Å². The number of rotatable bonds is 2. The van der Waals surface area contributed by atoms with Crippen LogP contribution in [0.1, 0.15) is 57.2 Å². The molecule has 1 aromatic rings. The zero-order valence-corrected chi connectivity index (χ0v) is 13.4. The number of hydrogen-bond acceptors (Lipinski definition) is 2. The van der Waals surface area contributed by atoms with E-state index in [1.54, 1.807) is 0 Å². The minimum atomic E-state index is 0.144. The summed E-state index contributed by atoms with van der Waals surface area (Å²) in [5.41, 5.74) is 3.73. The molecule has 114 valence electrons. The number of nitrogens with zero attached hydrogens (tertiary/aromatic N) is 1. The minimum Gasteiger partial charge on any atom is -0.326 e. The van der Waals surface area contributed by atoms with E-state index < -0.39 is 0 Å². The summed E-state index contributed by atoms with van der Waals surface area (Å²) < 4.78 is 0. The lowest BCUT2D eigenvalue weighted by atomic mass is 9.87. The molecule has 2 aliphatic rings. The smallest absolute Gasteiger partial charge is 0.224 e. The summed E-state index contributed by atoms with van der Waals surface area (Å²) in [6.45, 7) is 8.14. The average Bonchev–Trinajstić information content (AvgIpc) is 2.46. The molecule has 1 amide bonds. The van der Waals surface area contributed by atoms with Gasteiger partial charge < -0.3 is 5.32 Å². The number of likely N-dealkylation sites (tertiary alicyclic amines) is 1. The third-order valence-corrected chi connectivity index (χ3v) is 4.93. The molecule has 1 aromatic carbocycles. The van der Waals surface area contributed by atoms with E-state index in [-0.39, 0.29) is 5.91 Å². The monoisotopic (exact) mass is 286 g/mol. The first kappa shape index (κ1) is 14.6. The molecule has 0 radical (unpaired) electrons. The van der Waals surface area contributed by atoms with Gasteiger partial charge in [-0.1, -0.05) is 19.1 Å². The Bertz CT molecular complexity index is 538. The number of hydrogen-bond donors (Lipinski definition) is 1. The van der Waals surface area contributed by atoms with Crippen molar-refractivity contribution in [3.05, 3.63) is 29.3 Å². The lowest BCUT2D eigenvalue weighted by Gasteiger charge is -2.42. The van der Waals surface area contributed by atoms with Crippen LogP contribution in [0.3, 0.4) is 0 Å². The van der Waals surface area contributed by atoms with E-state index in [1.165, 1.54) is 30.5 Å². The highest BCUT2D eigenvalue weighted by atomic mass is 16.1. The van der Waals surface area contributed by atoms with Crippen LogP contribution in [0.5, 0.6) is 0 Å². The van der Waals surface area contributed by atoms with E-state index >= 15 is 0 Å². The molecule has 2 aliphatic heterocycles. The van der Waals surface area contributed by atoms with Gasteiger partial charge in [-0.15, -0.1) is 0 Å². The van der Waals surface area contributed by atoms with Crippen molar-refractivity contribution >= 4 is 11.6 Å². The largest absolute Gasteiger partial charge is 0.326 e. The summed E-state index contributed by atoms with van der Waals surface area (Å²) in [6.07, 6.45) is 4.04. The van der Waals surface area contributed by atoms with Crippen LogP contribution in [0, 0.1) is 5.92 Å². The first-order chi connectivity index (χ1) is 10.0. The minimum absolute atomic E-state index is 0.144. The molecular formula is C18H26N2O. The number of carbonyl (C=O) groups excluding carboxylic acids is 1. The van der Waals surface area contributed by atoms with Crippen LogP contribution in [0.2, 0.25) is 0 Å². The first-order valence-electron chi connectivity index (χ1n) is 8.23. The highest BCUT2D eigenvalue weighted by Crippen LogP contribution is 2.36. The van der Waals surface area contributed by atoms with Crippen molar-refractivity contribution in [3.63, 3.8) is 0 Å². The molecule has 1 N–H and O–H groups in total. The molecular weight excluding hydrogens is 260 g/mol. The molecule has 0 bridgehead atoms. The maximum absolute atomic E-state index is 11.5. The van der Waals surface area contributed by atoms with E-state index in [2.05, 4.69) is 49.2 Å². The van der Waals surface area contributed by atoms with Crippen LogP contribution in [0.4, 0.5) is 5.69 Å². The number of fused-ring (bicyclic) bond motifs is 1. The fourth-order valence-corrected chi connectivity index (χ4v) is 3.73.